The highest BCUT2D eigenvalue weighted by Crippen LogP contribution is 2.35. The first kappa shape index (κ1) is 18.5. The van der Waals surface area contributed by atoms with E-state index in [4.69, 9.17) is 4.74 Å². The molecule has 0 aliphatic carbocycles. The third kappa shape index (κ3) is 4.37. The molecule has 1 N–H and O–H groups in total. The van der Waals surface area contributed by atoms with Crippen LogP contribution in [0.15, 0.2) is 54.6 Å². The highest BCUT2D eigenvalue weighted by Gasteiger charge is 2.34. The lowest BCUT2D eigenvalue weighted by Crippen LogP contribution is -2.39. The molecule has 3 nitrogen and oxygen atoms in total. The number of nitrogens with zero attached hydrogens (tertiary/aromatic N) is 1. The molecule has 2 atom stereocenters. The Kier molecular flexibility index (Phi) is 6.41. The summed E-state index contributed by atoms with van der Waals surface area (Å²) in [5.74, 6) is 0.882. The van der Waals surface area contributed by atoms with Gasteiger partial charge in [-0.1, -0.05) is 56.3 Å². The first-order chi connectivity index (χ1) is 11.5. The van der Waals surface area contributed by atoms with Crippen LogP contribution >= 0.6 is 0 Å². The van der Waals surface area contributed by atoms with E-state index in [1.807, 2.05) is 37.3 Å². The third-order valence-corrected chi connectivity index (χ3v) is 4.80. The summed E-state index contributed by atoms with van der Waals surface area (Å²) in [5.41, 5.74) is 1.35. The molecule has 0 heterocycles. The van der Waals surface area contributed by atoms with E-state index in [-0.39, 0.29) is 5.92 Å². The van der Waals surface area contributed by atoms with Gasteiger partial charge in [0, 0.05) is 19.0 Å². The quantitative estimate of drug-likeness (QED) is 0.793. The van der Waals surface area contributed by atoms with E-state index in [2.05, 4.69) is 43.1 Å². The van der Waals surface area contributed by atoms with Crippen LogP contribution in [0.2, 0.25) is 0 Å². The highest BCUT2D eigenvalue weighted by atomic mass is 16.5. The minimum Gasteiger partial charge on any atom is -0.497 e. The van der Waals surface area contributed by atoms with Gasteiger partial charge in [0.15, 0.2) is 0 Å². The molecule has 0 fully saturated rings. The summed E-state index contributed by atoms with van der Waals surface area (Å²) >= 11 is 0. The Morgan fingerprint density at radius 3 is 2.46 bits per heavy atom. The number of methoxy groups -OCH3 is 1. The van der Waals surface area contributed by atoms with E-state index in [1.54, 1.807) is 7.11 Å². The van der Waals surface area contributed by atoms with Gasteiger partial charge in [0.1, 0.15) is 5.75 Å². The Morgan fingerprint density at radius 2 is 1.83 bits per heavy atom. The van der Waals surface area contributed by atoms with Gasteiger partial charge < -0.3 is 14.7 Å². The van der Waals surface area contributed by atoms with Crippen LogP contribution in [0.1, 0.15) is 31.4 Å². The van der Waals surface area contributed by atoms with Crippen molar-refractivity contribution in [2.75, 3.05) is 20.7 Å². The first-order valence-corrected chi connectivity index (χ1v) is 8.59. The normalized spacial score (nSPS) is 15.1. The monoisotopic (exact) mass is 327 g/mol. The molecule has 130 valence electrons. The van der Waals surface area contributed by atoms with Gasteiger partial charge in [-0.2, -0.15) is 0 Å². The third-order valence-electron chi connectivity index (χ3n) is 4.80. The molecule has 0 radical (unpaired) electrons. The van der Waals surface area contributed by atoms with E-state index in [9.17, 15) is 5.11 Å². The van der Waals surface area contributed by atoms with Crippen LogP contribution in [-0.2, 0) is 12.1 Å². The molecule has 0 aromatic heterocycles. The lowest BCUT2D eigenvalue weighted by Gasteiger charge is -2.36. The molecule has 3 heteroatoms. The standard InChI is InChI=1S/C21H29NO2/c1-5-21(23,19-12-9-13-20(14-19)24-4)17(2)15-22(3)16-18-10-7-6-8-11-18/h6-14,17,23H,5,15-16H2,1-4H3/t17-,21+/m0/s1. The number of aliphatic hydroxyl groups is 1. The Balaban J connectivity index is 2.10. The van der Waals surface area contributed by atoms with Gasteiger partial charge >= 0.3 is 0 Å². The van der Waals surface area contributed by atoms with Crippen LogP contribution in [0, 0.1) is 5.92 Å². The van der Waals surface area contributed by atoms with E-state index in [0.29, 0.717) is 6.42 Å². The minimum absolute atomic E-state index is 0.100. The van der Waals surface area contributed by atoms with E-state index in [1.165, 1.54) is 5.56 Å². The van der Waals surface area contributed by atoms with Gasteiger partial charge in [-0.3, -0.25) is 0 Å². The summed E-state index contributed by atoms with van der Waals surface area (Å²) < 4.78 is 5.31. The molecule has 2 rings (SSSR count). The molecule has 0 saturated heterocycles. The second-order valence-electron chi connectivity index (χ2n) is 6.59. The number of hydrogen-bond donors (Lipinski definition) is 1. The number of rotatable bonds is 8. The van der Waals surface area contributed by atoms with Gasteiger partial charge in [0.25, 0.3) is 0 Å². The molecule has 0 saturated carbocycles. The minimum atomic E-state index is -0.862. The predicted octanol–water partition coefficient (Wildman–Crippen LogP) is 4.06. The Hall–Kier alpha value is -1.84. The average molecular weight is 327 g/mol. The zero-order chi connectivity index (χ0) is 17.6. The van der Waals surface area contributed by atoms with Crippen LogP contribution in [0.25, 0.3) is 0 Å². The molecule has 2 aromatic carbocycles. The van der Waals surface area contributed by atoms with Crippen molar-refractivity contribution < 1.29 is 9.84 Å². The van der Waals surface area contributed by atoms with Gasteiger partial charge in [0.2, 0.25) is 0 Å². The number of ether oxygens (including phenoxy) is 1. The van der Waals surface area contributed by atoms with Gasteiger partial charge in [0.05, 0.1) is 12.7 Å². The van der Waals surface area contributed by atoms with Crippen molar-refractivity contribution in [1.82, 2.24) is 4.90 Å². The fraction of sp³-hybridized carbons (Fsp3) is 0.429. The summed E-state index contributed by atoms with van der Waals surface area (Å²) in [6.07, 6.45) is 0.667. The Labute approximate surface area is 145 Å². The van der Waals surface area contributed by atoms with Crippen LogP contribution in [0.3, 0.4) is 0 Å². The summed E-state index contributed by atoms with van der Waals surface area (Å²) in [4.78, 5) is 2.26. The summed E-state index contributed by atoms with van der Waals surface area (Å²) in [7, 11) is 3.76. The van der Waals surface area contributed by atoms with E-state index in [0.717, 1.165) is 24.4 Å². The molecular formula is C21H29NO2. The highest BCUT2D eigenvalue weighted by molar-refractivity contribution is 5.32. The van der Waals surface area contributed by atoms with Crippen molar-refractivity contribution in [2.24, 2.45) is 5.92 Å². The molecule has 2 aromatic rings. The lowest BCUT2D eigenvalue weighted by molar-refractivity contribution is -0.0320. The topological polar surface area (TPSA) is 32.7 Å². The largest absolute Gasteiger partial charge is 0.497 e. The molecular weight excluding hydrogens is 298 g/mol. The number of benzene rings is 2. The van der Waals surface area contributed by atoms with Crippen LogP contribution in [-0.4, -0.2) is 30.7 Å². The second-order valence-corrected chi connectivity index (χ2v) is 6.59. The van der Waals surface area contributed by atoms with Crippen molar-refractivity contribution in [3.63, 3.8) is 0 Å². The fourth-order valence-electron chi connectivity index (χ4n) is 3.31. The summed E-state index contributed by atoms with van der Waals surface area (Å²) in [6, 6.07) is 18.2. The summed E-state index contributed by atoms with van der Waals surface area (Å²) in [5, 5.41) is 11.3. The maximum absolute atomic E-state index is 11.3. The molecule has 0 aliphatic heterocycles. The predicted molar refractivity (Wildman–Crippen MR) is 99.1 cm³/mol. The maximum Gasteiger partial charge on any atom is 0.119 e. The maximum atomic E-state index is 11.3. The zero-order valence-electron chi connectivity index (χ0n) is 15.2. The van der Waals surface area contributed by atoms with Crippen molar-refractivity contribution in [3.8, 4) is 5.75 Å². The molecule has 0 unspecified atom stereocenters. The summed E-state index contributed by atoms with van der Waals surface area (Å²) in [6.45, 7) is 5.84. The molecule has 0 bridgehead atoms. The first-order valence-electron chi connectivity index (χ1n) is 8.59. The van der Waals surface area contributed by atoms with Crippen molar-refractivity contribution in [3.05, 3.63) is 65.7 Å². The average Bonchev–Trinajstić information content (AvgIpc) is 2.61. The van der Waals surface area contributed by atoms with Gasteiger partial charge in [-0.15, -0.1) is 0 Å². The van der Waals surface area contributed by atoms with E-state index >= 15 is 0 Å². The second kappa shape index (κ2) is 8.32. The van der Waals surface area contributed by atoms with Crippen LogP contribution in [0.5, 0.6) is 5.75 Å². The lowest BCUT2D eigenvalue weighted by atomic mass is 9.80. The molecule has 0 amide bonds. The van der Waals surface area contributed by atoms with Gasteiger partial charge in [-0.05, 0) is 36.7 Å². The van der Waals surface area contributed by atoms with Crippen LogP contribution in [0.4, 0.5) is 0 Å². The zero-order valence-corrected chi connectivity index (χ0v) is 15.2. The number of hydrogen-bond acceptors (Lipinski definition) is 3. The Morgan fingerprint density at radius 1 is 1.12 bits per heavy atom. The Bertz CT molecular complexity index is 629. The molecule has 24 heavy (non-hydrogen) atoms. The van der Waals surface area contributed by atoms with Crippen molar-refractivity contribution >= 4 is 0 Å². The smallest absolute Gasteiger partial charge is 0.119 e. The van der Waals surface area contributed by atoms with Crippen molar-refractivity contribution in [1.29, 1.82) is 0 Å². The van der Waals surface area contributed by atoms with Crippen LogP contribution < -0.4 is 4.74 Å². The SMILES string of the molecule is CC[C@](O)(c1cccc(OC)c1)[C@@H](C)CN(C)Cc1ccccc1. The fourth-order valence-corrected chi connectivity index (χ4v) is 3.31. The van der Waals surface area contributed by atoms with Gasteiger partial charge in [-0.25, -0.2) is 0 Å². The molecule has 0 aliphatic rings. The molecule has 0 spiro atoms. The van der Waals surface area contributed by atoms with E-state index < -0.39 is 5.60 Å². The van der Waals surface area contributed by atoms with Crippen molar-refractivity contribution in [2.45, 2.75) is 32.4 Å².